The smallest absolute Gasteiger partial charge is 0.463 e. The van der Waals surface area contributed by atoms with Crippen molar-refractivity contribution >= 4 is 46.8 Å². The van der Waals surface area contributed by atoms with Crippen LogP contribution < -0.4 is 0 Å². The Morgan fingerprint density at radius 3 is 1.64 bits per heavy atom. The van der Waals surface area contributed by atoms with Crippen molar-refractivity contribution in [3.05, 3.63) is 26.8 Å². The standard InChI is InChI=1S/C5H9.CH2F.CH3N.BrH.Mg/c1-3-5-4-2;2*1-2;;/h3H,1-2,4-5H2;1H2;2H,1H2;1H;/q2*-1;;;+2. The summed E-state index contributed by atoms with van der Waals surface area (Å²) < 4.78 is 9.25. The first-order chi connectivity index (χ1) is 4.41. The van der Waals surface area contributed by atoms with Crippen LogP contribution in [0.25, 0.3) is 0 Å². The van der Waals surface area contributed by atoms with Crippen molar-refractivity contribution < 1.29 is 4.39 Å². The molecule has 4 heteroatoms. The maximum atomic E-state index is 9.25. The summed E-state index contributed by atoms with van der Waals surface area (Å²) in [7, 11) is 1.75. The summed E-state index contributed by atoms with van der Waals surface area (Å²) in [6, 6.07) is 0. The third kappa shape index (κ3) is 117. The number of allylic oxidation sites excluding steroid dienone is 1. The summed E-state index contributed by atoms with van der Waals surface area (Å²) in [4.78, 5) is 0. The number of hydrogen-bond acceptors (Lipinski definition) is 1. The molecule has 0 radical (unpaired) electrons. The molecule has 0 fully saturated rings. The summed E-state index contributed by atoms with van der Waals surface area (Å²) in [5, 5.41) is 5.50. The fourth-order valence-electron chi connectivity index (χ4n) is 0.144. The molecule has 0 saturated heterocycles. The molecular formula is C7H15BrFMgN. The van der Waals surface area contributed by atoms with Crippen LogP contribution in [0.15, 0.2) is 12.7 Å². The average molecular weight is 236 g/mol. The molecule has 11 heavy (non-hydrogen) atoms. The zero-order valence-corrected chi connectivity index (χ0v) is 9.94. The van der Waals surface area contributed by atoms with Gasteiger partial charge in [0.05, 0.1) is 0 Å². The van der Waals surface area contributed by atoms with Crippen LogP contribution in [0.5, 0.6) is 0 Å². The molecule has 0 unspecified atom stereocenters. The van der Waals surface area contributed by atoms with Crippen LogP contribution in [-0.2, 0) is 0 Å². The van der Waals surface area contributed by atoms with Gasteiger partial charge in [0.25, 0.3) is 0 Å². The third-order valence-electron chi connectivity index (χ3n) is 0.408. The summed E-state index contributed by atoms with van der Waals surface area (Å²) in [5.41, 5.74) is 0. The fourth-order valence-corrected chi connectivity index (χ4v) is 0.144. The average Bonchev–Trinajstić information content (AvgIpc) is 1.98. The number of hydrogen-bond donors (Lipinski definition) is 1. The molecule has 64 valence electrons. The molecule has 0 saturated carbocycles. The molecule has 0 aromatic rings. The molecule has 0 aromatic carbocycles. The first-order valence-corrected chi connectivity index (χ1v) is 2.44. The number of nitrogens with one attached hydrogen (secondary N) is 1. The second-order valence-corrected chi connectivity index (χ2v) is 0.931. The molecule has 0 aliphatic heterocycles. The van der Waals surface area contributed by atoms with Crippen molar-refractivity contribution in [1.29, 1.82) is 5.41 Å². The minimum atomic E-state index is 0. The molecule has 0 rings (SSSR count). The van der Waals surface area contributed by atoms with Gasteiger partial charge in [-0.1, -0.05) is 12.5 Å². The molecule has 0 aromatic heterocycles. The Balaban J connectivity index is -0.0000000178. The van der Waals surface area contributed by atoms with E-state index in [9.17, 15) is 4.39 Å². The van der Waals surface area contributed by atoms with E-state index in [1.54, 1.807) is 7.18 Å². The minimum Gasteiger partial charge on any atom is -0.463 e. The predicted molar refractivity (Wildman–Crippen MR) is 57.2 cm³/mol. The van der Waals surface area contributed by atoms with Crippen molar-refractivity contribution in [2.45, 2.75) is 12.8 Å². The topological polar surface area (TPSA) is 23.9 Å². The zero-order chi connectivity index (χ0) is 8.12. The van der Waals surface area contributed by atoms with Gasteiger partial charge in [0.2, 0.25) is 0 Å². The number of halogens is 2. The van der Waals surface area contributed by atoms with Crippen molar-refractivity contribution in [2.24, 2.45) is 0 Å². The molecule has 0 bridgehead atoms. The van der Waals surface area contributed by atoms with E-state index in [0.717, 1.165) is 12.8 Å². The Hall–Kier alpha value is 0.586. The quantitative estimate of drug-likeness (QED) is 0.330. The van der Waals surface area contributed by atoms with Gasteiger partial charge in [-0.05, 0) is 6.72 Å². The normalized spacial score (nSPS) is 4.27. The molecule has 0 spiro atoms. The monoisotopic (exact) mass is 235 g/mol. The molecule has 1 N–H and O–H groups in total. The van der Waals surface area contributed by atoms with Gasteiger partial charge in [0.15, 0.2) is 0 Å². The first kappa shape index (κ1) is 29.9. The molecule has 0 aliphatic carbocycles. The number of rotatable bonds is 2. The Bertz CT molecular complexity index is 47.4. The van der Waals surface area contributed by atoms with Crippen LogP contribution in [-0.4, -0.2) is 29.8 Å². The Morgan fingerprint density at radius 1 is 1.36 bits per heavy atom. The van der Waals surface area contributed by atoms with Crippen LogP contribution in [0, 0.1) is 19.5 Å². The second kappa shape index (κ2) is 75.6. The van der Waals surface area contributed by atoms with Gasteiger partial charge in [0.1, 0.15) is 0 Å². The van der Waals surface area contributed by atoms with Crippen molar-refractivity contribution in [2.75, 3.05) is 0 Å². The SMILES string of the molecule is Br.C=CCC[CH2-].C=N.[CH2-]F.[Mg+2]. The Kier molecular flexibility index (Phi) is 206. The van der Waals surface area contributed by atoms with Gasteiger partial charge in [0, 0.05) is 0 Å². The van der Waals surface area contributed by atoms with Crippen LogP contribution >= 0.6 is 17.0 Å². The molecule has 0 aliphatic rings. The largest absolute Gasteiger partial charge is 2.00 e. The fraction of sp³-hybridized carbons (Fsp3) is 0.286. The first-order valence-electron chi connectivity index (χ1n) is 2.44. The van der Waals surface area contributed by atoms with Crippen LogP contribution in [0.1, 0.15) is 12.8 Å². The van der Waals surface area contributed by atoms with Crippen LogP contribution in [0.3, 0.4) is 0 Å². The van der Waals surface area contributed by atoms with Gasteiger partial charge in [-0.3, -0.25) is 0 Å². The van der Waals surface area contributed by atoms with Crippen LogP contribution in [0.2, 0.25) is 0 Å². The summed E-state index contributed by atoms with van der Waals surface area (Å²) in [6.07, 6.45) is 3.89. The van der Waals surface area contributed by atoms with Crippen LogP contribution in [0.4, 0.5) is 4.39 Å². The van der Waals surface area contributed by atoms with Gasteiger partial charge in [-0.25, -0.2) is 0 Å². The molecule has 0 atom stereocenters. The minimum absolute atomic E-state index is 0. The van der Waals surface area contributed by atoms with E-state index in [1.807, 2.05) is 6.08 Å². The maximum absolute atomic E-state index is 9.25. The van der Waals surface area contributed by atoms with Gasteiger partial charge in [-0.15, -0.1) is 23.6 Å². The number of unbranched alkanes of at least 4 members (excludes halogenated alkanes) is 1. The van der Waals surface area contributed by atoms with E-state index in [2.05, 4.69) is 20.2 Å². The second-order valence-electron chi connectivity index (χ2n) is 0.931. The summed E-state index contributed by atoms with van der Waals surface area (Å²) in [6.45, 7) is 9.61. The predicted octanol–water partition coefficient (Wildman–Crippen LogP) is 3.00. The molecule has 1 nitrogen and oxygen atoms in total. The maximum Gasteiger partial charge on any atom is 2.00 e. The van der Waals surface area contributed by atoms with E-state index in [0.29, 0.717) is 0 Å². The van der Waals surface area contributed by atoms with Crippen molar-refractivity contribution in [1.82, 2.24) is 0 Å². The van der Waals surface area contributed by atoms with E-state index in [-0.39, 0.29) is 40.0 Å². The molecular weight excluding hydrogens is 221 g/mol. The van der Waals surface area contributed by atoms with E-state index in [4.69, 9.17) is 5.41 Å². The van der Waals surface area contributed by atoms with Gasteiger partial charge < -0.3 is 16.7 Å². The van der Waals surface area contributed by atoms with E-state index >= 15 is 0 Å². The molecule has 0 heterocycles. The van der Waals surface area contributed by atoms with E-state index in [1.165, 1.54) is 0 Å². The zero-order valence-electron chi connectivity index (χ0n) is 6.81. The molecule has 0 amide bonds. The third-order valence-corrected chi connectivity index (χ3v) is 0.408. The van der Waals surface area contributed by atoms with Crippen molar-refractivity contribution in [3.63, 3.8) is 0 Å². The van der Waals surface area contributed by atoms with Crippen molar-refractivity contribution in [3.8, 4) is 0 Å². The summed E-state index contributed by atoms with van der Waals surface area (Å²) >= 11 is 0. The van der Waals surface area contributed by atoms with Gasteiger partial charge >= 0.3 is 23.1 Å². The summed E-state index contributed by atoms with van der Waals surface area (Å²) in [5.74, 6) is 0. The Morgan fingerprint density at radius 2 is 1.64 bits per heavy atom. The Labute approximate surface area is 95.9 Å². The van der Waals surface area contributed by atoms with Gasteiger partial charge in [-0.2, -0.15) is 13.6 Å². The van der Waals surface area contributed by atoms with E-state index < -0.39 is 0 Å².